The number of piperazine rings is 1. The molecule has 5 rings (SSSR count). The van der Waals surface area contributed by atoms with Gasteiger partial charge in [-0.05, 0) is 68.0 Å². The van der Waals surface area contributed by atoms with Crippen molar-refractivity contribution in [1.82, 2.24) is 15.1 Å². The Kier molecular flexibility index (Phi) is 4.16. The van der Waals surface area contributed by atoms with Crippen LogP contribution in [0.4, 0.5) is 0 Å². The largest absolute Gasteiger partial charge is 0.359 e. The molecule has 1 heterocycles. The quantitative estimate of drug-likeness (QED) is 0.636. The van der Waals surface area contributed by atoms with Gasteiger partial charge in [-0.25, -0.2) is 0 Å². The van der Waals surface area contributed by atoms with Crippen molar-refractivity contribution in [1.29, 1.82) is 0 Å². The third-order valence-electron chi connectivity index (χ3n) is 6.60. The molecule has 22 heavy (non-hydrogen) atoms. The van der Waals surface area contributed by atoms with Crippen molar-refractivity contribution in [2.24, 2.45) is 23.7 Å². The van der Waals surface area contributed by atoms with Crippen LogP contribution in [-0.4, -0.2) is 53.7 Å². The van der Waals surface area contributed by atoms with Crippen LogP contribution in [0.5, 0.6) is 0 Å². The van der Waals surface area contributed by atoms with Crippen LogP contribution in [-0.2, 0) is 0 Å². The maximum atomic E-state index is 5.48. The molecule has 122 valence electrons. The minimum atomic E-state index is 0.772. The smallest absolute Gasteiger partial charge is 0.169 e. The fourth-order valence-corrected chi connectivity index (χ4v) is 6.25. The number of nitrogens with zero attached hydrogens (tertiary/aromatic N) is 2. The highest BCUT2D eigenvalue weighted by atomic mass is 32.1. The zero-order valence-corrected chi connectivity index (χ0v) is 14.4. The molecular weight excluding hydrogens is 290 g/mol. The first-order chi connectivity index (χ1) is 10.7. The highest BCUT2D eigenvalue weighted by molar-refractivity contribution is 7.80. The van der Waals surface area contributed by atoms with Crippen LogP contribution in [0, 0.1) is 23.7 Å². The van der Waals surface area contributed by atoms with Gasteiger partial charge in [-0.3, -0.25) is 4.90 Å². The van der Waals surface area contributed by atoms with Crippen LogP contribution in [0.1, 0.15) is 32.1 Å². The molecule has 0 aromatic heterocycles. The molecule has 0 spiro atoms. The molecule has 4 aliphatic carbocycles. The molecule has 5 aliphatic rings. The fraction of sp³-hybridized carbons (Fsp3) is 0.833. The summed E-state index contributed by atoms with van der Waals surface area (Å²) in [5.74, 6) is 4.17. The fourth-order valence-electron chi connectivity index (χ4n) is 5.99. The van der Waals surface area contributed by atoms with Gasteiger partial charge in [-0.2, -0.15) is 0 Å². The third-order valence-corrected chi connectivity index (χ3v) is 7.00. The van der Waals surface area contributed by atoms with Gasteiger partial charge in [0.1, 0.15) is 0 Å². The topological polar surface area (TPSA) is 18.5 Å². The summed E-state index contributed by atoms with van der Waals surface area (Å²) in [5, 5.41) is 4.18. The first-order valence-electron chi connectivity index (χ1n) is 9.12. The SMILES string of the molecule is C=CCNC(=S)N1CCN(C2C3CC4CC(C3)CC2C4)CC1. The van der Waals surface area contributed by atoms with E-state index in [1.54, 1.807) is 6.42 Å². The van der Waals surface area contributed by atoms with E-state index in [0.29, 0.717) is 0 Å². The second kappa shape index (κ2) is 6.12. The Morgan fingerprint density at radius 3 is 2.14 bits per heavy atom. The van der Waals surface area contributed by atoms with Gasteiger partial charge in [0.25, 0.3) is 0 Å². The van der Waals surface area contributed by atoms with E-state index < -0.39 is 0 Å². The van der Waals surface area contributed by atoms with Gasteiger partial charge >= 0.3 is 0 Å². The van der Waals surface area contributed by atoms with Crippen LogP contribution in [0.3, 0.4) is 0 Å². The van der Waals surface area contributed by atoms with Gasteiger partial charge in [0.2, 0.25) is 0 Å². The predicted octanol–water partition coefficient (Wildman–Crippen LogP) is 2.49. The molecular formula is C18H29N3S. The van der Waals surface area contributed by atoms with Crippen LogP contribution in [0.25, 0.3) is 0 Å². The zero-order valence-electron chi connectivity index (χ0n) is 13.5. The van der Waals surface area contributed by atoms with Crippen molar-refractivity contribution in [3.63, 3.8) is 0 Å². The summed E-state index contributed by atoms with van der Waals surface area (Å²) in [5.41, 5.74) is 0. The highest BCUT2D eigenvalue weighted by Crippen LogP contribution is 2.55. The first kappa shape index (κ1) is 14.9. The summed E-state index contributed by atoms with van der Waals surface area (Å²) in [6, 6.07) is 0.893. The molecule has 3 nitrogen and oxygen atoms in total. The zero-order chi connectivity index (χ0) is 15.1. The number of nitrogens with one attached hydrogen (secondary N) is 1. The average Bonchev–Trinajstić information content (AvgIpc) is 2.52. The third kappa shape index (κ3) is 2.69. The van der Waals surface area contributed by atoms with Gasteiger partial charge in [0.05, 0.1) is 0 Å². The van der Waals surface area contributed by atoms with Crippen molar-refractivity contribution in [2.75, 3.05) is 32.7 Å². The second-order valence-corrected chi connectivity index (χ2v) is 8.31. The van der Waals surface area contributed by atoms with Crippen molar-refractivity contribution >= 4 is 17.3 Å². The second-order valence-electron chi connectivity index (χ2n) is 7.92. The maximum Gasteiger partial charge on any atom is 0.169 e. The molecule has 0 radical (unpaired) electrons. The Hall–Kier alpha value is -0.610. The average molecular weight is 320 g/mol. The first-order valence-corrected chi connectivity index (χ1v) is 9.53. The van der Waals surface area contributed by atoms with Crippen LogP contribution in [0.2, 0.25) is 0 Å². The minimum absolute atomic E-state index is 0.772. The number of hydrogen-bond donors (Lipinski definition) is 1. The van der Waals surface area contributed by atoms with Gasteiger partial charge in [-0.1, -0.05) is 6.08 Å². The molecule has 1 aliphatic heterocycles. The lowest BCUT2D eigenvalue weighted by atomic mass is 9.54. The van der Waals surface area contributed by atoms with Crippen LogP contribution < -0.4 is 5.32 Å². The van der Waals surface area contributed by atoms with Crippen molar-refractivity contribution in [2.45, 2.75) is 38.1 Å². The standard InChI is InChI=1S/C18H29N3S/c1-2-3-19-18(22)21-6-4-20(5-7-21)17-15-9-13-8-14(11-15)12-16(17)10-13/h2,13-17H,1,3-12H2,(H,19,22). The maximum absolute atomic E-state index is 5.48. The van der Waals surface area contributed by atoms with E-state index in [1.165, 1.54) is 38.8 Å². The lowest BCUT2D eigenvalue weighted by Gasteiger charge is -2.58. The van der Waals surface area contributed by atoms with E-state index in [9.17, 15) is 0 Å². The van der Waals surface area contributed by atoms with Gasteiger partial charge < -0.3 is 10.2 Å². The molecule has 1 N–H and O–H groups in total. The summed E-state index contributed by atoms with van der Waals surface area (Å²) in [6.07, 6.45) is 9.52. The molecule has 4 saturated carbocycles. The summed E-state index contributed by atoms with van der Waals surface area (Å²) >= 11 is 5.48. The number of rotatable bonds is 3. The van der Waals surface area contributed by atoms with E-state index >= 15 is 0 Å². The summed E-state index contributed by atoms with van der Waals surface area (Å²) < 4.78 is 0. The van der Waals surface area contributed by atoms with Gasteiger partial charge in [0, 0.05) is 38.8 Å². The Bertz CT molecular complexity index is 414. The minimum Gasteiger partial charge on any atom is -0.359 e. The molecule has 0 amide bonds. The number of thiocarbonyl (C=S) groups is 1. The monoisotopic (exact) mass is 319 g/mol. The van der Waals surface area contributed by atoms with Crippen LogP contribution >= 0.6 is 12.2 Å². The predicted molar refractivity (Wildman–Crippen MR) is 94.8 cm³/mol. The molecule has 0 aromatic rings. The Morgan fingerprint density at radius 1 is 1.00 bits per heavy atom. The van der Waals surface area contributed by atoms with Gasteiger partial charge in [0.15, 0.2) is 5.11 Å². The Balaban J connectivity index is 1.34. The lowest BCUT2D eigenvalue weighted by molar-refractivity contribution is -0.0727. The molecule has 0 aromatic carbocycles. The summed E-state index contributed by atoms with van der Waals surface area (Å²) in [7, 11) is 0. The molecule has 5 fully saturated rings. The van der Waals surface area contributed by atoms with E-state index in [0.717, 1.165) is 54.5 Å². The normalized spacial score (nSPS) is 40.7. The molecule has 4 heteroatoms. The molecule has 0 unspecified atom stereocenters. The molecule has 4 bridgehead atoms. The molecule has 0 atom stereocenters. The van der Waals surface area contributed by atoms with Crippen molar-refractivity contribution in [3.8, 4) is 0 Å². The van der Waals surface area contributed by atoms with E-state index in [1.807, 2.05) is 6.08 Å². The Labute approximate surface area is 140 Å². The van der Waals surface area contributed by atoms with Crippen LogP contribution in [0.15, 0.2) is 12.7 Å². The van der Waals surface area contributed by atoms with E-state index in [4.69, 9.17) is 12.2 Å². The van der Waals surface area contributed by atoms with E-state index in [-0.39, 0.29) is 0 Å². The Morgan fingerprint density at radius 2 is 1.59 bits per heavy atom. The van der Waals surface area contributed by atoms with E-state index in [2.05, 4.69) is 21.7 Å². The van der Waals surface area contributed by atoms with Crippen molar-refractivity contribution < 1.29 is 0 Å². The summed E-state index contributed by atoms with van der Waals surface area (Å²) in [4.78, 5) is 5.16. The van der Waals surface area contributed by atoms with Gasteiger partial charge in [-0.15, -0.1) is 6.58 Å². The lowest BCUT2D eigenvalue weighted by Crippen LogP contribution is -2.61. The summed E-state index contributed by atoms with van der Waals surface area (Å²) in [6.45, 7) is 9.09. The number of hydrogen-bond acceptors (Lipinski definition) is 2. The van der Waals surface area contributed by atoms with Crippen molar-refractivity contribution in [3.05, 3.63) is 12.7 Å². The molecule has 1 saturated heterocycles. The highest BCUT2D eigenvalue weighted by Gasteiger charge is 2.50.